The average Bonchev–Trinajstić information content (AvgIpc) is 2.32. The van der Waals surface area contributed by atoms with Crippen LogP contribution < -0.4 is 4.72 Å². The van der Waals surface area contributed by atoms with Crippen LogP contribution in [0.15, 0.2) is 12.5 Å². The highest BCUT2D eigenvalue weighted by Gasteiger charge is 2.02. The first-order chi connectivity index (χ1) is 5.08. The van der Waals surface area contributed by atoms with Crippen LogP contribution in [0.3, 0.4) is 0 Å². The molecule has 0 aliphatic heterocycles. The Hall–Kier alpha value is -0.920. The molecule has 7 heteroatoms. The van der Waals surface area contributed by atoms with Gasteiger partial charge in [0.2, 0.25) is 0 Å². The molecule has 62 valence electrons. The number of nitrogens with one attached hydrogen (secondary N) is 2. The summed E-state index contributed by atoms with van der Waals surface area (Å²) in [5, 5.41) is 0. The number of hydrogen-bond donors (Lipinski definition) is 3. The molecular formula is C4H7N3O3S. The Balaban J connectivity index is 2.48. The largest absolute Gasteiger partial charge is 0.347 e. The van der Waals surface area contributed by atoms with Crippen LogP contribution >= 0.6 is 0 Å². The molecule has 0 aliphatic rings. The topological polar surface area (TPSA) is 95.1 Å². The average molecular weight is 177 g/mol. The standard InChI is InChI=1S/C4H7N3O3S/c8-11(9,10)7-2-4-1-5-3-6-4/h1,3,7H,2H2,(H,5,6)(H,8,9,10). The van der Waals surface area contributed by atoms with Crippen LogP contribution in [0.5, 0.6) is 0 Å². The summed E-state index contributed by atoms with van der Waals surface area (Å²) in [6.07, 6.45) is 2.87. The molecule has 0 atom stereocenters. The molecule has 0 bridgehead atoms. The number of aromatic amines is 1. The first-order valence-corrected chi connectivity index (χ1v) is 4.21. The zero-order chi connectivity index (χ0) is 8.32. The van der Waals surface area contributed by atoms with Gasteiger partial charge in [-0.25, -0.2) is 4.98 Å². The summed E-state index contributed by atoms with van der Waals surface area (Å²) in [5.41, 5.74) is 0.586. The molecule has 3 N–H and O–H groups in total. The minimum atomic E-state index is -4.10. The Kier molecular flexibility index (Phi) is 2.22. The van der Waals surface area contributed by atoms with Crippen molar-refractivity contribution in [2.45, 2.75) is 6.54 Å². The summed E-state index contributed by atoms with van der Waals surface area (Å²) in [4.78, 5) is 6.31. The van der Waals surface area contributed by atoms with Gasteiger partial charge in [0.1, 0.15) is 0 Å². The van der Waals surface area contributed by atoms with E-state index in [0.29, 0.717) is 5.69 Å². The number of imidazole rings is 1. The predicted octanol–water partition coefficient (Wildman–Crippen LogP) is -0.698. The lowest BCUT2D eigenvalue weighted by Crippen LogP contribution is -2.21. The van der Waals surface area contributed by atoms with E-state index in [1.165, 1.54) is 12.5 Å². The predicted molar refractivity (Wildman–Crippen MR) is 37.0 cm³/mol. The van der Waals surface area contributed by atoms with Crippen molar-refractivity contribution in [2.75, 3.05) is 0 Å². The maximum absolute atomic E-state index is 10.1. The van der Waals surface area contributed by atoms with Gasteiger partial charge in [0, 0.05) is 11.9 Å². The Labute approximate surface area is 63.5 Å². The summed E-state index contributed by atoms with van der Waals surface area (Å²) in [5.74, 6) is 0. The van der Waals surface area contributed by atoms with E-state index in [1.807, 2.05) is 4.72 Å². The molecule has 1 aromatic heterocycles. The monoisotopic (exact) mass is 177 g/mol. The molecule has 11 heavy (non-hydrogen) atoms. The molecular weight excluding hydrogens is 170 g/mol. The van der Waals surface area contributed by atoms with Crippen LogP contribution in [0.1, 0.15) is 5.69 Å². The maximum Gasteiger partial charge on any atom is 0.333 e. The van der Waals surface area contributed by atoms with Crippen molar-refractivity contribution >= 4 is 10.3 Å². The van der Waals surface area contributed by atoms with Gasteiger partial charge in [0.25, 0.3) is 0 Å². The fourth-order valence-corrected chi connectivity index (χ4v) is 0.888. The van der Waals surface area contributed by atoms with Crippen molar-refractivity contribution in [3.8, 4) is 0 Å². The summed E-state index contributed by atoms with van der Waals surface area (Å²) in [6, 6.07) is 0. The van der Waals surface area contributed by atoms with Crippen molar-refractivity contribution in [3.63, 3.8) is 0 Å². The molecule has 1 rings (SSSR count). The quantitative estimate of drug-likeness (QED) is 0.532. The molecule has 1 aromatic rings. The second-order valence-corrected chi connectivity index (χ2v) is 3.11. The van der Waals surface area contributed by atoms with Crippen molar-refractivity contribution in [1.29, 1.82) is 0 Å². The van der Waals surface area contributed by atoms with Crippen molar-refractivity contribution in [3.05, 3.63) is 18.2 Å². The highest BCUT2D eigenvalue weighted by atomic mass is 32.2. The van der Waals surface area contributed by atoms with Gasteiger partial charge >= 0.3 is 10.3 Å². The molecule has 0 spiro atoms. The lowest BCUT2D eigenvalue weighted by molar-refractivity contribution is 0.467. The summed E-state index contributed by atoms with van der Waals surface area (Å²) in [6.45, 7) is 0.0127. The maximum atomic E-state index is 10.1. The minimum Gasteiger partial charge on any atom is -0.347 e. The van der Waals surface area contributed by atoms with Crippen LogP contribution in [0.25, 0.3) is 0 Å². The zero-order valence-corrected chi connectivity index (χ0v) is 6.30. The van der Waals surface area contributed by atoms with Crippen LogP contribution in [0.4, 0.5) is 0 Å². The highest BCUT2D eigenvalue weighted by molar-refractivity contribution is 7.83. The third kappa shape index (κ3) is 3.12. The van der Waals surface area contributed by atoms with Gasteiger partial charge in [-0.15, -0.1) is 0 Å². The molecule has 0 radical (unpaired) electrons. The second kappa shape index (κ2) is 2.99. The fraction of sp³-hybridized carbons (Fsp3) is 0.250. The highest BCUT2D eigenvalue weighted by Crippen LogP contribution is 1.89. The molecule has 0 saturated heterocycles. The van der Waals surface area contributed by atoms with Gasteiger partial charge in [-0.3, -0.25) is 4.55 Å². The Morgan fingerprint density at radius 2 is 2.45 bits per heavy atom. The second-order valence-electron chi connectivity index (χ2n) is 1.87. The van der Waals surface area contributed by atoms with Crippen molar-refractivity contribution in [2.24, 2.45) is 0 Å². The Morgan fingerprint density at radius 3 is 2.91 bits per heavy atom. The van der Waals surface area contributed by atoms with Gasteiger partial charge in [-0.1, -0.05) is 0 Å². The van der Waals surface area contributed by atoms with E-state index >= 15 is 0 Å². The summed E-state index contributed by atoms with van der Waals surface area (Å²) >= 11 is 0. The lowest BCUT2D eigenvalue weighted by Gasteiger charge is -1.95. The van der Waals surface area contributed by atoms with Crippen LogP contribution in [0, 0.1) is 0 Å². The van der Waals surface area contributed by atoms with E-state index in [4.69, 9.17) is 4.55 Å². The van der Waals surface area contributed by atoms with Gasteiger partial charge in [0.05, 0.1) is 12.9 Å². The molecule has 0 unspecified atom stereocenters. The third-order valence-corrected chi connectivity index (χ3v) is 1.51. The number of nitrogens with zero attached hydrogens (tertiary/aromatic N) is 1. The van der Waals surface area contributed by atoms with E-state index in [2.05, 4.69) is 9.97 Å². The zero-order valence-electron chi connectivity index (χ0n) is 5.48. The molecule has 0 aromatic carbocycles. The molecule has 0 aliphatic carbocycles. The van der Waals surface area contributed by atoms with Gasteiger partial charge in [-0.05, 0) is 0 Å². The van der Waals surface area contributed by atoms with E-state index in [-0.39, 0.29) is 6.54 Å². The van der Waals surface area contributed by atoms with Crippen molar-refractivity contribution < 1.29 is 13.0 Å². The number of rotatable bonds is 3. The van der Waals surface area contributed by atoms with Crippen LogP contribution in [-0.4, -0.2) is 22.9 Å². The lowest BCUT2D eigenvalue weighted by atomic mass is 10.5. The first-order valence-electron chi connectivity index (χ1n) is 2.77. The SMILES string of the molecule is O=S(=O)(O)NCc1cnc[nH]1. The number of hydrogen-bond acceptors (Lipinski definition) is 3. The van der Waals surface area contributed by atoms with E-state index in [1.54, 1.807) is 0 Å². The van der Waals surface area contributed by atoms with Gasteiger partial charge < -0.3 is 4.98 Å². The molecule has 0 fully saturated rings. The normalized spacial score (nSPS) is 11.7. The van der Waals surface area contributed by atoms with E-state index in [9.17, 15) is 8.42 Å². The van der Waals surface area contributed by atoms with Crippen LogP contribution in [-0.2, 0) is 16.8 Å². The molecule has 1 heterocycles. The molecule has 0 amide bonds. The number of aromatic nitrogens is 2. The molecule has 6 nitrogen and oxygen atoms in total. The van der Waals surface area contributed by atoms with Gasteiger partial charge in [-0.2, -0.15) is 13.1 Å². The van der Waals surface area contributed by atoms with Crippen molar-refractivity contribution in [1.82, 2.24) is 14.7 Å². The minimum absolute atomic E-state index is 0.0127. The smallest absolute Gasteiger partial charge is 0.333 e. The van der Waals surface area contributed by atoms with E-state index < -0.39 is 10.3 Å². The third-order valence-electron chi connectivity index (χ3n) is 1.000. The van der Waals surface area contributed by atoms with E-state index in [0.717, 1.165) is 0 Å². The summed E-state index contributed by atoms with van der Waals surface area (Å²) in [7, 11) is -4.10. The number of H-pyrrole nitrogens is 1. The first kappa shape index (κ1) is 8.18. The Morgan fingerprint density at radius 1 is 1.73 bits per heavy atom. The molecule has 0 saturated carbocycles. The fourth-order valence-electron chi connectivity index (χ4n) is 0.550. The summed E-state index contributed by atoms with van der Waals surface area (Å²) < 4.78 is 30.4. The van der Waals surface area contributed by atoms with Crippen LogP contribution in [0.2, 0.25) is 0 Å². The Bertz CT molecular complexity index is 303. The van der Waals surface area contributed by atoms with Gasteiger partial charge in [0.15, 0.2) is 0 Å².